The van der Waals surface area contributed by atoms with E-state index in [-0.39, 0.29) is 0 Å². The fourth-order valence-corrected chi connectivity index (χ4v) is 2.30. The number of pyridine rings is 1. The van der Waals surface area contributed by atoms with E-state index in [2.05, 4.69) is 40.8 Å². The topological polar surface area (TPSA) is 13.1 Å². The van der Waals surface area contributed by atoms with Crippen molar-refractivity contribution in [1.29, 1.82) is 0 Å². The van der Waals surface area contributed by atoms with Gasteiger partial charge in [0.25, 0.3) is 0 Å². The Bertz CT molecular complexity index is 839. The van der Waals surface area contributed by atoms with Gasteiger partial charge in [0, 0.05) is 17.0 Å². The maximum Gasteiger partial charge on any atom is 0.212 e. The van der Waals surface area contributed by atoms with Crippen LogP contribution in [0.3, 0.4) is 0 Å². The average Bonchev–Trinajstić information content (AvgIpc) is 2.53. The van der Waals surface area contributed by atoms with Crippen molar-refractivity contribution in [3.8, 4) is 17.6 Å². The van der Waals surface area contributed by atoms with Gasteiger partial charge in [-0.3, -0.25) is 0 Å². The third-order valence-corrected chi connectivity index (χ3v) is 3.40. The van der Waals surface area contributed by atoms with Crippen molar-refractivity contribution in [1.82, 2.24) is 0 Å². The highest BCUT2D eigenvalue weighted by Crippen LogP contribution is 2.12. The standard InChI is InChI=1S/C19H16NO/c1-20-14-16(13-17-5-3-4-6-19(17)20)8-7-15-9-11-18(21-2)12-10-15/h3-6,9-14H,1-2H3/q+1. The average molecular weight is 274 g/mol. The van der Waals surface area contributed by atoms with Crippen molar-refractivity contribution in [2.75, 3.05) is 7.11 Å². The molecule has 2 nitrogen and oxygen atoms in total. The molecule has 0 fully saturated rings. The fraction of sp³-hybridized carbons (Fsp3) is 0.105. The summed E-state index contributed by atoms with van der Waals surface area (Å²) in [6.45, 7) is 0. The highest BCUT2D eigenvalue weighted by molar-refractivity contribution is 5.76. The number of fused-ring (bicyclic) bond motifs is 1. The van der Waals surface area contributed by atoms with Gasteiger partial charge < -0.3 is 4.74 Å². The van der Waals surface area contributed by atoms with Crippen LogP contribution < -0.4 is 9.30 Å². The molecule has 21 heavy (non-hydrogen) atoms. The minimum atomic E-state index is 0.845. The Hall–Kier alpha value is -2.79. The molecular weight excluding hydrogens is 258 g/mol. The van der Waals surface area contributed by atoms with E-state index in [1.807, 2.05) is 43.4 Å². The minimum absolute atomic E-state index is 0.845. The Balaban J connectivity index is 1.96. The predicted octanol–water partition coefficient (Wildman–Crippen LogP) is 3.07. The molecule has 0 saturated carbocycles. The van der Waals surface area contributed by atoms with Crippen molar-refractivity contribution < 1.29 is 9.30 Å². The predicted molar refractivity (Wildman–Crippen MR) is 84.1 cm³/mol. The molecule has 3 aromatic rings. The summed E-state index contributed by atoms with van der Waals surface area (Å²) in [5, 5.41) is 1.20. The summed E-state index contributed by atoms with van der Waals surface area (Å²) in [5.74, 6) is 7.25. The third kappa shape index (κ3) is 2.88. The summed E-state index contributed by atoms with van der Waals surface area (Å²) in [6.07, 6.45) is 2.05. The molecule has 0 amide bonds. The zero-order chi connectivity index (χ0) is 14.7. The van der Waals surface area contributed by atoms with Crippen molar-refractivity contribution in [3.63, 3.8) is 0 Å². The van der Waals surface area contributed by atoms with E-state index in [9.17, 15) is 0 Å². The molecule has 0 saturated heterocycles. The summed E-state index contributed by atoms with van der Waals surface area (Å²) in [5.41, 5.74) is 3.19. The molecule has 0 aliphatic rings. The molecule has 0 spiro atoms. The Labute approximate surface area is 124 Å². The minimum Gasteiger partial charge on any atom is -0.497 e. The van der Waals surface area contributed by atoms with Crippen molar-refractivity contribution in [3.05, 3.63) is 71.9 Å². The molecule has 102 valence electrons. The summed E-state index contributed by atoms with van der Waals surface area (Å²) in [4.78, 5) is 0. The lowest BCUT2D eigenvalue weighted by atomic mass is 10.1. The number of benzene rings is 2. The van der Waals surface area contributed by atoms with Crippen LogP contribution in [-0.2, 0) is 7.05 Å². The van der Waals surface area contributed by atoms with Crippen molar-refractivity contribution in [2.45, 2.75) is 0 Å². The van der Waals surface area contributed by atoms with Gasteiger partial charge in [0.2, 0.25) is 5.52 Å². The molecule has 0 atom stereocenters. The van der Waals surface area contributed by atoms with Crippen LogP contribution in [0, 0.1) is 11.8 Å². The highest BCUT2D eigenvalue weighted by Gasteiger charge is 2.05. The number of rotatable bonds is 1. The van der Waals surface area contributed by atoms with Crippen LogP contribution in [0.25, 0.3) is 10.9 Å². The molecule has 0 unspecified atom stereocenters. The highest BCUT2D eigenvalue weighted by atomic mass is 16.5. The molecule has 0 aliphatic carbocycles. The van der Waals surface area contributed by atoms with Gasteiger partial charge in [-0.05, 0) is 36.4 Å². The maximum atomic E-state index is 5.14. The quantitative estimate of drug-likeness (QED) is 0.491. The first-order chi connectivity index (χ1) is 10.3. The lowest BCUT2D eigenvalue weighted by molar-refractivity contribution is -0.645. The van der Waals surface area contributed by atoms with Gasteiger partial charge in [-0.1, -0.05) is 24.0 Å². The molecule has 2 heteroatoms. The van der Waals surface area contributed by atoms with E-state index in [0.29, 0.717) is 0 Å². The largest absolute Gasteiger partial charge is 0.497 e. The van der Waals surface area contributed by atoms with Gasteiger partial charge >= 0.3 is 0 Å². The number of para-hydroxylation sites is 1. The van der Waals surface area contributed by atoms with Crippen LogP contribution in [0.15, 0.2) is 60.8 Å². The molecule has 0 N–H and O–H groups in total. The van der Waals surface area contributed by atoms with Crippen molar-refractivity contribution in [2.24, 2.45) is 7.05 Å². The number of methoxy groups -OCH3 is 1. The Morgan fingerprint density at radius 1 is 0.905 bits per heavy atom. The zero-order valence-corrected chi connectivity index (χ0v) is 12.1. The van der Waals surface area contributed by atoms with E-state index in [0.717, 1.165) is 16.9 Å². The molecule has 1 heterocycles. The van der Waals surface area contributed by atoms with E-state index in [1.54, 1.807) is 7.11 Å². The Morgan fingerprint density at radius 3 is 2.38 bits per heavy atom. The fourth-order valence-electron chi connectivity index (χ4n) is 2.30. The normalized spacial score (nSPS) is 10.0. The first kappa shape index (κ1) is 13.2. The van der Waals surface area contributed by atoms with Gasteiger partial charge in [-0.25, -0.2) is 0 Å². The summed E-state index contributed by atoms with van der Waals surface area (Å²) in [6, 6.07) is 18.2. The second-order valence-electron chi connectivity index (χ2n) is 4.88. The van der Waals surface area contributed by atoms with E-state index in [4.69, 9.17) is 4.74 Å². The van der Waals surface area contributed by atoms with Crippen LogP contribution >= 0.6 is 0 Å². The first-order valence-corrected chi connectivity index (χ1v) is 6.81. The molecule has 0 bridgehead atoms. The molecule has 0 radical (unpaired) electrons. The lowest BCUT2D eigenvalue weighted by Crippen LogP contribution is -2.28. The number of aryl methyl sites for hydroxylation is 1. The second-order valence-corrected chi connectivity index (χ2v) is 4.88. The number of nitrogens with zero attached hydrogens (tertiary/aromatic N) is 1. The molecular formula is C19H16NO+. The van der Waals surface area contributed by atoms with Crippen LogP contribution in [0.2, 0.25) is 0 Å². The van der Waals surface area contributed by atoms with Crippen LogP contribution in [0.5, 0.6) is 5.75 Å². The molecule has 1 aromatic heterocycles. The SMILES string of the molecule is COc1ccc(C#Cc2cc3ccccc3[n+](C)c2)cc1. The summed E-state index contributed by atoms with van der Waals surface area (Å²) in [7, 11) is 3.71. The molecule has 2 aromatic carbocycles. The smallest absolute Gasteiger partial charge is 0.212 e. The van der Waals surface area contributed by atoms with Crippen LogP contribution in [0.4, 0.5) is 0 Å². The Kier molecular flexibility index (Phi) is 3.57. The van der Waals surface area contributed by atoms with Crippen molar-refractivity contribution >= 4 is 10.9 Å². The first-order valence-electron chi connectivity index (χ1n) is 6.81. The van der Waals surface area contributed by atoms with E-state index in [1.165, 1.54) is 10.9 Å². The Morgan fingerprint density at radius 2 is 1.62 bits per heavy atom. The zero-order valence-electron chi connectivity index (χ0n) is 12.1. The number of ether oxygens (including phenoxy) is 1. The van der Waals surface area contributed by atoms with Gasteiger partial charge in [0.1, 0.15) is 12.8 Å². The van der Waals surface area contributed by atoms with Crippen LogP contribution in [0.1, 0.15) is 11.1 Å². The van der Waals surface area contributed by atoms with Gasteiger partial charge in [0.05, 0.1) is 12.7 Å². The number of hydrogen-bond donors (Lipinski definition) is 0. The van der Waals surface area contributed by atoms with Crippen LogP contribution in [-0.4, -0.2) is 7.11 Å². The number of aromatic nitrogens is 1. The van der Waals surface area contributed by atoms with E-state index >= 15 is 0 Å². The van der Waals surface area contributed by atoms with Gasteiger partial charge in [-0.15, -0.1) is 0 Å². The summed E-state index contributed by atoms with van der Waals surface area (Å²) < 4.78 is 7.25. The lowest BCUT2D eigenvalue weighted by Gasteiger charge is -1.98. The number of hydrogen-bond acceptors (Lipinski definition) is 1. The second kappa shape index (κ2) is 5.68. The molecule has 3 rings (SSSR count). The van der Waals surface area contributed by atoms with Gasteiger partial charge in [0.15, 0.2) is 6.20 Å². The summed E-state index contributed by atoms with van der Waals surface area (Å²) >= 11 is 0. The maximum absolute atomic E-state index is 5.14. The van der Waals surface area contributed by atoms with E-state index < -0.39 is 0 Å². The van der Waals surface area contributed by atoms with Gasteiger partial charge in [-0.2, -0.15) is 4.57 Å². The molecule has 0 aliphatic heterocycles. The monoisotopic (exact) mass is 274 g/mol. The third-order valence-electron chi connectivity index (χ3n) is 3.40.